The Morgan fingerprint density at radius 1 is 1.12 bits per heavy atom. The Morgan fingerprint density at radius 2 is 1.84 bits per heavy atom. The third-order valence-electron chi connectivity index (χ3n) is 6.93. The number of hydrogen-bond acceptors (Lipinski definition) is 4. The van der Waals surface area contributed by atoms with Crippen LogP contribution in [-0.2, 0) is 15.7 Å². The topological polar surface area (TPSA) is 51.7 Å². The zero-order valence-corrected chi connectivity index (χ0v) is 21.4. The second-order valence-electron chi connectivity index (χ2n) is 10.5. The molecule has 0 aliphatic heterocycles. The van der Waals surface area contributed by atoms with E-state index in [1.807, 2.05) is 42.5 Å². The van der Waals surface area contributed by atoms with Gasteiger partial charge in [-0.2, -0.15) is 0 Å². The first-order chi connectivity index (χ1) is 15.1. The van der Waals surface area contributed by atoms with Crippen LogP contribution >= 0.6 is 0 Å². The normalized spacial score (nSPS) is 21.8. The molecule has 174 valence electrons. The maximum Gasteiger partial charge on any atom is 0.415 e. The molecule has 1 aromatic carbocycles. The maximum absolute atomic E-state index is 13.5. The van der Waals surface area contributed by atoms with Crippen molar-refractivity contribution in [1.82, 2.24) is 4.98 Å². The second-order valence-corrected chi connectivity index (χ2v) is 15.2. The average Bonchev–Trinajstić information content (AvgIpc) is 2.75. The summed E-state index contributed by atoms with van der Waals surface area (Å²) in [5.41, 5.74) is 1.77. The minimum Gasteiger partial charge on any atom is -0.443 e. The molecule has 1 aliphatic carbocycles. The molecule has 0 bridgehead atoms. The molecule has 32 heavy (non-hydrogen) atoms. The molecule has 5 nitrogen and oxygen atoms in total. The van der Waals surface area contributed by atoms with E-state index < -0.39 is 8.32 Å². The van der Waals surface area contributed by atoms with E-state index in [0.29, 0.717) is 6.54 Å². The van der Waals surface area contributed by atoms with Crippen molar-refractivity contribution < 1.29 is 14.0 Å². The van der Waals surface area contributed by atoms with Gasteiger partial charge in [0.1, 0.15) is 6.10 Å². The van der Waals surface area contributed by atoms with Crippen LogP contribution in [-0.4, -0.2) is 31.6 Å². The smallest absolute Gasteiger partial charge is 0.415 e. The van der Waals surface area contributed by atoms with Gasteiger partial charge in [-0.3, -0.25) is 9.88 Å². The van der Waals surface area contributed by atoms with Crippen LogP contribution in [0.2, 0.25) is 18.1 Å². The van der Waals surface area contributed by atoms with E-state index in [0.717, 1.165) is 30.5 Å². The lowest BCUT2D eigenvalue weighted by Gasteiger charge is -2.44. The summed E-state index contributed by atoms with van der Waals surface area (Å²) in [5.74, 6) is 0.259. The predicted molar refractivity (Wildman–Crippen MR) is 132 cm³/mol. The Morgan fingerprint density at radius 3 is 2.47 bits per heavy atom. The maximum atomic E-state index is 13.5. The summed E-state index contributed by atoms with van der Waals surface area (Å²) in [6, 6.07) is 13.7. The summed E-state index contributed by atoms with van der Waals surface area (Å²) in [5, 5.41) is 0.108. The molecular weight excluding hydrogens is 416 g/mol. The summed E-state index contributed by atoms with van der Waals surface area (Å²) < 4.78 is 13.0. The van der Waals surface area contributed by atoms with Crippen LogP contribution in [0, 0.1) is 5.92 Å². The first-order valence-corrected chi connectivity index (χ1v) is 14.6. The quantitative estimate of drug-likeness (QED) is 0.450. The first kappa shape index (κ1) is 24.5. The monoisotopic (exact) mass is 454 g/mol. The molecule has 3 unspecified atom stereocenters. The van der Waals surface area contributed by atoms with Gasteiger partial charge in [0.05, 0.1) is 24.5 Å². The van der Waals surface area contributed by atoms with E-state index >= 15 is 0 Å². The number of aromatic nitrogens is 1. The molecule has 6 heteroatoms. The number of ether oxygens (including phenoxy) is 1. The molecule has 1 heterocycles. The Bertz CT molecular complexity index is 868. The van der Waals surface area contributed by atoms with Crippen LogP contribution in [0.25, 0.3) is 0 Å². The molecule has 1 aromatic heterocycles. The number of pyridine rings is 1. The Kier molecular flexibility index (Phi) is 7.78. The van der Waals surface area contributed by atoms with Crippen molar-refractivity contribution in [3.63, 3.8) is 0 Å². The van der Waals surface area contributed by atoms with Gasteiger partial charge < -0.3 is 9.16 Å². The second kappa shape index (κ2) is 10.2. The third-order valence-corrected chi connectivity index (χ3v) is 11.4. The van der Waals surface area contributed by atoms with Crippen LogP contribution in [0.4, 0.5) is 10.5 Å². The summed E-state index contributed by atoms with van der Waals surface area (Å²) >= 11 is 0. The number of anilines is 1. The third kappa shape index (κ3) is 5.98. The van der Waals surface area contributed by atoms with Crippen molar-refractivity contribution in [3.8, 4) is 0 Å². The number of carbonyl (C=O) groups is 1. The molecule has 1 aliphatic rings. The minimum absolute atomic E-state index is 0.0592. The number of nitrogens with zero attached hydrogens (tertiary/aromatic N) is 2. The molecular formula is C26H38N2O3Si. The fourth-order valence-corrected chi connectivity index (χ4v) is 5.29. The van der Waals surface area contributed by atoms with Gasteiger partial charge in [0.25, 0.3) is 0 Å². The van der Waals surface area contributed by atoms with Gasteiger partial charge in [-0.1, -0.05) is 64.4 Å². The Labute approximate surface area is 194 Å². The van der Waals surface area contributed by atoms with Gasteiger partial charge in [0.2, 0.25) is 0 Å². The number of carbonyl (C=O) groups excluding carboxylic acids is 1. The van der Waals surface area contributed by atoms with E-state index in [4.69, 9.17) is 9.16 Å². The summed E-state index contributed by atoms with van der Waals surface area (Å²) in [4.78, 5) is 19.4. The highest BCUT2D eigenvalue weighted by molar-refractivity contribution is 6.74. The van der Waals surface area contributed by atoms with E-state index in [2.05, 4.69) is 45.8 Å². The SMILES string of the molecule is CC1CCCC(O[Si](C)(C)C(C)(C)C)C1OC(=O)N(Cc1ccccc1)c1cccnc1. The zero-order chi connectivity index (χ0) is 23.4. The minimum atomic E-state index is -1.98. The molecule has 3 rings (SSSR count). The molecule has 0 radical (unpaired) electrons. The lowest BCUT2D eigenvalue weighted by Crippen LogP contribution is -2.51. The van der Waals surface area contributed by atoms with Crippen LogP contribution in [0.15, 0.2) is 54.9 Å². The van der Waals surface area contributed by atoms with Gasteiger partial charge >= 0.3 is 6.09 Å². The lowest BCUT2D eigenvalue weighted by atomic mass is 9.86. The van der Waals surface area contributed by atoms with E-state index in [1.54, 1.807) is 17.3 Å². The number of rotatable bonds is 6. The summed E-state index contributed by atoms with van der Waals surface area (Å²) in [7, 11) is -1.98. The zero-order valence-electron chi connectivity index (χ0n) is 20.4. The van der Waals surface area contributed by atoms with Crippen LogP contribution in [0.1, 0.15) is 52.5 Å². The van der Waals surface area contributed by atoms with E-state index in [9.17, 15) is 4.79 Å². The number of hydrogen-bond donors (Lipinski definition) is 0. The molecule has 2 aromatic rings. The number of amides is 1. The molecule has 3 atom stereocenters. The van der Waals surface area contributed by atoms with E-state index in [-0.39, 0.29) is 29.3 Å². The van der Waals surface area contributed by atoms with E-state index in [1.165, 1.54) is 0 Å². The van der Waals surface area contributed by atoms with Crippen molar-refractivity contribution in [2.24, 2.45) is 5.92 Å². The first-order valence-electron chi connectivity index (χ1n) is 11.7. The van der Waals surface area contributed by atoms with Gasteiger partial charge in [0, 0.05) is 6.20 Å². The number of benzene rings is 1. The van der Waals surface area contributed by atoms with Gasteiger partial charge in [-0.05, 0) is 54.6 Å². The molecule has 0 spiro atoms. The van der Waals surface area contributed by atoms with Crippen molar-refractivity contribution in [2.45, 2.75) is 83.8 Å². The van der Waals surface area contributed by atoms with Crippen LogP contribution in [0.3, 0.4) is 0 Å². The molecule has 1 fully saturated rings. The largest absolute Gasteiger partial charge is 0.443 e. The molecule has 1 amide bonds. The Hall–Kier alpha value is -2.18. The van der Waals surface area contributed by atoms with Crippen molar-refractivity contribution in [3.05, 3.63) is 60.4 Å². The molecule has 1 saturated carbocycles. The highest BCUT2D eigenvalue weighted by Gasteiger charge is 2.44. The van der Waals surface area contributed by atoms with Crippen molar-refractivity contribution >= 4 is 20.1 Å². The fraction of sp³-hybridized carbons (Fsp3) is 0.538. The highest BCUT2D eigenvalue weighted by atomic mass is 28.4. The predicted octanol–water partition coefficient (Wildman–Crippen LogP) is 6.80. The fourth-order valence-electron chi connectivity index (χ4n) is 3.93. The lowest BCUT2D eigenvalue weighted by molar-refractivity contribution is -0.0400. The van der Waals surface area contributed by atoms with Crippen molar-refractivity contribution in [2.75, 3.05) is 4.90 Å². The Balaban J connectivity index is 1.82. The summed E-state index contributed by atoms with van der Waals surface area (Å²) in [6.45, 7) is 13.9. The average molecular weight is 455 g/mol. The highest BCUT2D eigenvalue weighted by Crippen LogP contribution is 2.40. The standard InChI is InChI=1S/C26H38N2O3Si/c1-20-12-10-16-23(31-32(5,6)26(2,3)4)24(20)30-25(29)28(22-15-11-17-27-18-22)19-21-13-8-7-9-14-21/h7-9,11,13-15,17-18,20,23-24H,10,12,16,19H2,1-6H3. The van der Waals surface area contributed by atoms with Gasteiger partial charge in [-0.25, -0.2) is 4.79 Å². The summed E-state index contributed by atoms with van der Waals surface area (Å²) in [6.07, 6.45) is 5.84. The van der Waals surface area contributed by atoms with Gasteiger partial charge in [-0.15, -0.1) is 0 Å². The van der Waals surface area contributed by atoms with Crippen LogP contribution in [0.5, 0.6) is 0 Å². The van der Waals surface area contributed by atoms with Gasteiger partial charge in [0.15, 0.2) is 8.32 Å². The van der Waals surface area contributed by atoms with Crippen LogP contribution < -0.4 is 4.90 Å². The van der Waals surface area contributed by atoms with Crippen molar-refractivity contribution in [1.29, 1.82) is 0 Å². The molecule has 0 saturated heterocycles. The molecule has 0 N–H and O–H groups in total.